The zero-order chi connectivity index (χ0) is 37.0. The molecule has 282 valence electrons. The molecule has 0 spiro atoms. The van der Waals surface area contributed by atoms with E-state index < -0.39 is 69.1 Å². The van der Waals surface area contributed by atoms with Crippen molar-refractivity contribution in [1.29, 1.82) is 0 Å². The normalized spacial score (nSPS) is 26.4. The number of nitrogens with one attached hydrogen (secondary N) is 4. The third-order valence-electron chi connectivity index (χ3n) is 11.4. The first-order valence-electron chi connectivity index (χ1n) is 18.5. The van der Waals surface area contributed by atoms with Crippen molar-refractivity contribution < 1.29 is 32.4 Å². The molecule has 14 heteroatoms. The third-order valence-corrected chi connectivity index (χ3v) is 13.3. The van der Waals surface area contributed by atoms with Gasteiger partial charge in [0, 0.05) is 32.2 Å². The van der Waals surface area contributed by atoms with Gasteiger partial charge in [-0.3, -0.25) is 19.2 Å². The van der Waals surface area contributed by atoms with Crippen molar-refractivity contribution in [3.8, 4) is 0 Å². The van der Waals surface area contributed by atoms with Gasteiger partial charge in [-0.1, -0.05) is 73.3 Å². The zero-order valence-electron chi connectivity index (χ0n) is 30.9. The smallest absolute Gasteiger partial charge is 0.315 e. The maximum Gasteiger partial charge on any atom is 0.315 e. The van der Waals surface area contributed by atoms with Crippen LogP contribution in [-0.4, -0.2) is 103 Å². The summed E-state index contributed by atoms with van der Waals surface area (Å²) < 4.78 is 27.3. The summed E-state index contributed by atoms with van der Waals surface area (Å²) in [6.45, 7) is 16.1. The summed E-state index contributed by atoms with van der Waals surface area (Å²) in [5, 5.41) is 11.3. The molecule has 13 nitrogen and oxygen atoms in total. The highest BCUT2D eigenvalue weighted by Crippen LogP contribution is 2.65. The number of carbonyl (C=O) groups is 5. The average molecular weight is 721 g/mol. The Balaban J connectivity index is 1.52. The summed E-state index contributed by atoms with van der Waals surface area (Å²) in [6, 6.07) is -3.87. The molecule has 4 fully saturated rings. The van der Waals surface area contributed by atoms with Gasteiger partial charge in [0.25, 0.3) is 5.91 Å². The highest BCUT2D eigenvalue weighted by Gasteiger charge is 2.70. The predicted molar refractivity (Wildman–Crippen MR) is 191 cm³/mol. The van der Waals surface area contributed by atoms with E-state index in [9.17, 15) is 32.4 Å². The summed E-state index contributed by atoms with van der Waals surface area (Å²) in [6.07, 6.45) is 8.60. The minimum atomic E-state index is -3.40. The van der Waals surface area contributed by atoms with E-state index in [1.807, 2.05) is 27.7 Å². The lowest BCUT2D eigenvalue weighted by Gasteiger charge is -2.39. The highest BCUT2D eigenvalue weighted by atomic mass is 32.2. The molecule has 5 amide bonds. The van der Waals surface area contributed by atoms with Crippen LogP contribution in [0.5, 0.6) is 0 Å². The molecule has 1 unspecified atom stereocenters. The van der Waals surface area contributed by atoms with Crippen LogP contribution in [0.1, 0.15) is 99.3 Å². The molecule has 2 heterocycles. The second-order valence-corrected chi connectivity index (χ2v) is 18.5. The fourth-order valence-electron chi connectivity index (χ4n) is 8.31. The van der Waals surface area contributed by atoms with Crippen LogP contribution in [0.2, 0.25) is 0 Å². The van der Waals surface area contributed by atoms with Crippen molar-refractivity contribution in [2.45, 2.75) is 123 Å². The Morgan fingerprint density at radius 1 is 0.980 bits per heavy atom. The third kappa shape index (κ3) is 9.07. The number of nitrogens with zero attached hydrogens (tertiary/aromatic N) is 2. The summed E-state index contributed by atoms with van der Waals surface area (Å²) in [5.41, 5.74) is -0.938. The highest BCUT2D eigenvalue weighted by molar-refractivity contribution is 7.89. The van der Waals surface area contributed by atoms with E-state index in [4.69, 9.17) is 0 Å². The van der Waals surface area contributed by atoms with Crippen molar-refractivity contribution in [1.82, 2.24) is 30.5 Å². The molecule has 0 aromatic heterocycles. The second-order valence-electron chi connectivity index (χ2n) is 16.4. The van der Waals surface area contributed by atoms with Crippen molar-refractivity contribution in [2.24, 2.45) is 28.6 Å². The number of likely N-dealkylation sites (tertiary alicyclic amines) is 1. The van der Waals surface area contributed by atoms with E-state index in [1.165, 1.54) is 15.3 Å². The molecule has 0 bridgehead atoms. The van der Waals surface area contributed by atoms with Crippen molar-refractivity contribution in [3.63, 3.8) is 0 Å². The Morgan fingerprint density at radius 2 is 1.66 bits per heavy atom. The molecule has 0 aromatic carbocycles. The minimum absolute atomic E-state index is 0.0648. The van der Waals surface area contributed by atoms with E-state index in [2.05, 4.69) is 41.7 Å². The number of sulfonamides is 1. The van der Waals surface area contributed by atoms with Gasteiger partial charge in [0.2, 0.25) is 27.6 Å². The number of hydrogen-bond acceptors (Lipinski definition) is 7. The first-order chi connectivity index (χ1) is 23.4. The minimum Gasteiger partial charge on any atom is -0.346 e. The maximum absolute atomic E-state index is 14.5. The Hall–Kier alpha value is -3.00. The van der Waals surface area contributed by atoms with Crippen LogP contribution in [0.25, 0.3) is 0 Å². The molecular formula is C36H60N6O7S. The van der Waals surface area contributed by atoms with Gasteiger partial charge in [-0.05, 0) is 60.7 Å². The zero-order valence-corrected chi connectivity index (χ0v) is 31.7. The van der Waals surface area contributed by atoms with E-state index in [1.54, 1.807) is 0 Å². The van der Waals surface area contributed by atoms with Gasteiger partial charge in [-0.2, -0.15) is 4.31 Å². The average Bonchev–Trinajstić information content (AvgIpc) is 3.36. The summed E-state index contributed by atoms with van der Waals surface area (Å²) in [5.74, 6) is -2.29. The fourth-order valence-corrected chi connectivity index (χ4v) is 9.93. The molecule has 6 atom stereocenters. The molecule has 2 saturated heterocycles. The van der Waals surface area contributed by atoms with Gasteiger partial charge >= 0.3 is 6.03 Å². The maximum atomic E-state index is 14.5. The van der Waals surface area contributed by atoms with Crippen LogP contribution in [0, 0.1) is 28.6 Å². The molecule has 2 aliphatic carbocycles. The number of ketones is 1. The van der Waals surface area contributed by atoms with Crippen LogP contribution < -0.4 is 21.3 Å². The summed E-state index contributed by atoms with van der Waals surface area (Å²) in [7, 11) is -3.40. The van der Waals surface area contributed by atoms with Crippen molar-refractivity contribution >= 4 is 39.6 Å². The summed E-state index contributed by atoms with van der Waals surface area (Å²) >= 11 is 0. The number of rotatable bonds is 14. The monoisotopic (exact) mass is 720 g/mol. The molecule has 4 aliphatic rings. The Kier molecular flexibility index (Phi) is 12.8. The predicted octanol–water partition coefficient (Wildman–Crippen LogP) is 2.71. The lowest BCUT2D eigenvalue weighted by atomic mass is 9.83. The molecule has 4 N–H and O–H groups in total. The van der Waals surface area contributed by atoms with Crippen LogP contribution in [0.4, 0.5) is 4.79 Å². The standard InChI is InChI=1S/C36H60N6O7S/c1-8-15-25(29(43)32(45)37-18-9-2)38-31(44)28-27-24(36(27,6)7)21-42(28)33(46)30(35(3,4)5)40-34(47)39-26(23-16-11-10-12-17-23)22-41-19-13-14-20-50(41,48)49/h9,23-28,30H,2,8,10-22H2,1,3-7H3,(H,37,45)(H,38,44)(H2,39,40,47)/t24-,25?,26+,27-,28-,30+/m0/s1. The fraction of sp³-hybridized carbons (Fsp3) is 0.806. The van der Waals surface area contributed by atoms with E-state index in [-0.39, 0.29) is 48.4 Å². The first kappa shape index (κ1) is 39.8. The number of hydrogen-bond donors (Lipinski definition) is 4. The van der Waals surface area contributed by atoms with Gasteiger partial charge in [-0.15, -0.1) is 6.58 Å². The molecule has 4 rings (SSSR count). The Labute approximate surface area is 298 Å². The van der Waals surface area contributed by atoms with Crippen molar-refractivity contribution in [3.05, 3.63) is 12.7 Å². The van der Waals surface area contributed by atoms with Crippen LogP contribution in [-0.2, 0) is 29.2 Å². The topological polar surface area (TPSA) is 174 Å². The van der Waals surface area contributed by atoms with Gasteiger partial charge in [0.1, 0.15) is 12.1 Å². The quantitative estimate of drug-likeness (QED) is 0.158. The van der Waals surface area contributed by atoms with Gasteiger partial charge in [0.05, 0.1) is 11.8 Å². The molecule has 50 heavy (non-hydrogen) atoms. The molecule has 0 radical (unpaired) electrons. The van der Waals surface area contributed by atoms with Crippen LogP contribution >= 0.6 is 0 Å². The molecular weight excluding hydrogens is 660 g/mol. The number of Topliss-reactive ketones (excluding diaryl/α,β-unsaturated/α-hetero) is 1. The summed E-state index contributed by atoms with van der Waals surface area (Å²) in [4.78, 5) is 69.3. The Morgan fingerprint density at radius 3 is 2.26 bits per heavy atom. The van der Waals surface area contributed by atoms with Gasteiger partial charge in [0.15, 0.2) is 0 Å². The lowest BCUT2D eigenvalue weighted by Crippen LogP contribution is -2.62. The second kappa shape index (κ2) is 16.1. The van der Waals surface area contributed by atoms with Gasteiger partial charge in [-0.25, -0.2) is 13.2 Å². The number of fused-ring (bicyclic) bond motifs is 1. The largest absolute Gasteiger partial charge is 0.346 e. The van der Waals surface area contributed by atoms with Gasteiger partial charge < -0.3 is 26.2 Å². The lowest BCUT2D eigenvalue weighted by molar-refractivity contribution is -0.145. The number of piperidine rings is 1. The Bertz CT molecular complexity index is 1400. The van der Waals surface area contributed by atoms with Crippen LogP contribution in [0.3, 0.4) is 0 Å². The first-order valence-corrected chi connectivity index (χ1v) is 20.1. The number of urea groups is 1. The molecule has 2 saturated carbocycles. The van der Waals surface area contributed by atoms with Crippen molar-refractivity contribution in [2.75, 3.05) is 31.9 Å². The molecule has 0 aromatic rings. The SMILES string of the molecule is C=CCNC(=O)C(=O)C(CCC)NC(=O)[C@@H]1[C@@H]2[C@H](CN1C(=O)[C@@H](NC(=O)N[C@H](CN1CCCCS1(=O)=O)C1CCCCC1)C(C)(C)C)C2(C)C. The van der Waals surface area contributed by atoms with E-state index >= 15 is 0 Å². The van der Waals surface area contributed by atoms with E-state index in [0.717, 1.165) is 38.5 Å². The number of carbonyl (C=O) groups excluding carboxylic acids is 5. The molecule has 2 aliphatic heterocycles. The van der Waals surface area contributed by atoms with Crippen LogP contribution in [0.15, 0.2) is 12.7 Å². The van der Waals surface area contributed by atoms with E-state index in [0.29, 0.717) is 25.9 Å². The number of amides is 5.